The van der Waals surface area contributed by atoms with E-state index in [1.54, 1.807) is 24.3 Å². The Morgan fingerprint density at radius 1 is 1.20 bits per heavy atom. The Morgan fingerprint density at radius 3 is 2.37 bits per heavy atom. The van der Waals surface area contributed by atoms with Crippen molar-refractivity contribution in [2.75, 3.05) is 6.61 Å². The summed E-state index contributed by atoms with van der Waals surface area (Å²) in [5.74, 6) is -0.767. The van der Waals surface area contributed by atoms with Gasteiger partial charge in [-0.25, -0.2) is 4.39 Å². The van der Waals surface area contributed by atoms with E-state index in [1.165, 1.54) is 24.3 Å². The SMILES string of the molecule is CC(C)CCO.NC(=O)c1cc(-c2ccc(Cl)cc2)nn(-c2cccc(F)c2)c1=O. The predicted octanol–water partition coefficient (Wildman–Crippen LogP) is 3.82. The number of halogens is 2. The van der Waals surface area contributed by atoms with Crippen LogP contribution in [0.4, 0.5) is 4.39 Å². The number of amides is 1. The molecule has 0 aliphatic carbocycles. The lowest BCUT2D eigenvalue weighted by molar-refractivity contribution is 0.0998. The largest absolute Gasteiger partial charge is 0.396 e. The molecule has 30 heavy (non-hydrogen) atoms. The highest BCUT2D eigenvalue weighted by atomic mass is 35.5. The molecule has 158 valence electrons. The van der Waals surface area contributed by atoms with Crippen LogP contribution in [0.5, 0.6) is 0 Å². The second kappa shape index (κ2) is 10.7. The van der Waals surface area contributed by atoms with Gasteiger partial charge in [0.1, 0.15) is 11.4 Å². The van der Waals surface area contributed by atoms with Crippen LogP contribution < -0.4 is 11.3 Å². The average molecular weight is 432 g/mol. The lowest BCUT2D eigenvalue weighted by atomic mass is 10.1. The van der Waals surface area contributed by atoms with Crippen molar-refractivity contribution < 1.29 is 14.3 Å². The molecule has 6 nitrogen and oxygen atoms in total. The summed E-state index contributed by atoms with van der Waals surface area (Å²) in [5, 5.41) is 13.0. The highest BCUT2D eigenvalue weighted by Crippen LogP contribution is 2.20. The molecule has 3 rings (SSSR count). The van der Waals surface area contributed by atoms with Gasteiger partial charge in [0.05, 0.1) is 11.4 Å². The zero-order valence-electron chi connectivity index (χ0n) is 16.7. The van der Waals surface area contributed by atoms with Crippen molar-refractivity contribution in [3.63, 3.8) is 0 Å². The fourth-order valence-corrected chi connectivity index (χ4v) is 2.60. The predicted molar refractivity (Wildman–Crippen MR) is 115 cm³/mol. The monoisotopic (exact) mass is 431 g/mol. The zero-order chi connectivity index (χ0) is 22.3. The van der Waals surface area contributed by atoms with Gasteiger partial charge in [0, 0.05) is 17.2 Å². The maximum absolute atomic E-state index is 13.5. The van der Waals surface area contributed by atoms with Gasteiger partial charge in [-0.15, -0.1) is 0 Å². The highest BCUT2D eigenvalue weighted by molar-refractivity contribution is 6.30. The van der Waals surface area contributed by atoms with E-state index in [4.69, 9.17) is 22.4 Å². The van der Waals surface area contributed by atoms with Crippen molar-refractivity contribution in [3.8, 4) is 16.9 Å². The number of hydrogen-bond acceptors (Lipinski definition) is 4. The first-order chi connectivity index (χ1) is 14.2. The fraction of sp³-hybridized carbons (Fsp3) is 0.227. The molecular weight excluding hydrogens is 409 g/mol. The van der Waals surface area contributed by atoms with Crippen LogP contribution in [0, 0.1) is 11.7 Å². The average Bonchev–Trinajstić information content (AvgIpc) is 2.69. The van der Waals surface area contributed by atoms with Crippen molar-refractivity contribution in [3.05, 3.63) is 81.4 Å². The van der Waals surface area contributed by atoms with Crippen molar-refractivity contribution in [2.45, 2.75) is 20.3 Å². The number of nitrogens with two attached hydrogens (primary N) is 1. The molecule has 2 aromatic carbocycles. The number of hydrogen-bond donors (Lipinski definition) is 2. The quantitative estimate of drug-likeness (QED) is 0.641. The number of rotatable bonds is 5. The van der Waals surface area contributed by atoms with Gasteiger partial charge >= 0.3 is 0 Å². The third kappa shape index (κ3) is 6.23. The molecule has 3 aromatic rings. The van der Waals surface area contributed by atoms with Gasteiger partial charge in [-0.1, -0.05) is 43.6 Å². The molecule has 0 aliphatic heterocycles. The van der Waals surface area contributed by atoms with Gasteiger partial charge in [0.25, 0.3) is 11.5 Å². The van der Waals surface area contributed by atoms with Crippen LogP contribution in [0.3, 0.4) is 0 Å². The normalized spacial score (nSPS) is 10.5. The van der Waals surface area contributed by atoms with Crippen molar-refractivity contribution >= 4 is 17.5 Å². The topological polar surface area (TPSA) is 98.2 Å². The molecule has 0 atom stereocenters. The van der Waals surface area contributed by atoms with Crippen LogP contribution >= 0.6 is 11.6 Å². The van der Waals surface area contributed by atoms with E-state index in [-0.39, 0.29) is 11.3 Å². The summed E-state index contributed by atoms with van der Waals surface area (Å²) in [6, 6.07) is 13.3. The number of carbonyl (C=O) groups is 1. The summed E-state index contributed by atoms with van der Waals surface area (Å²) in [5.41, 5.74) is 5.50. The molecule has 0 saturated heterocycles. The van der Waals surface area contributed by atoms with Crippen LogP contribution in [0.25, 0.3) is 16.9 Å². The first-order valence-corrected chi connectivity index (χ1v) is 9.67. The van der Waals surface area contributed by atoms with Crippen molar-refractivity contribution in [1.82, 2.24) is 9.78 Å². The molecule has 0 radical (unpaired) electrons. The van der Waals surface area contributed by atoms with E-state index in [0.717, 1.165) is 17.2 Å². The third-order valence-corrected chi connectivity index (χ3v) is 4.33. The van der Waals surface area contributed by atoms with Crippen LogP contribution in [-0.4, -0.2) is 27.4 Å². The molecule has 1 heterocycles. The summed E-state index contributed by atoms with van der Waals surface area (Å²) >= 11 is 5.86. The summed E-state index contributed by atoms with van der Waals surface area (Å²) in [6.45, 7) is 4.52. The van der Waals surface area contributed by atoms with E-state index in [9.17, 15) is 14.0 Å². The van der Waals surface area contributed by atoms with Gasteiger partial charge in [0.2, 0.25) is 0 Å². The lowest BCUT2D eigenvalue weighted by Gasteiger charge is -2.10. The molecule has 3 N–H and O–H groups in total. The Morgan fingerprint density at radius 2 is 1.87 bits per heavy atom. The van der Waals surface area contributed by atoms with E-state index in [2.05, 4.69) is 18.9 Å². The van der Waals surface area contributed by atoms with E-state index in [1.807, 2.05) is 0 Å². The first kappa shape index (κ1) is 23.3. The zero-order valence-corrected chi connectivity index (χ0v) is 17.4. The minimum Gasteiger partial charge on any atom is -0.396 e. The molecule has 0 unspecified atom stereocenters. The number of aliphatic hydroxyl groups is 1. The summed E-state index contributed by atoms with van der Waals surface area (Å²) in [7, 11) is 0. The number of benzene rings is 2. The summed E-state index contributed by atoms with van der Waals surface area (Å²) in [4.78, 5) is 24.0. The first-order valence-electron chi connectivity index (χ1n) is 9.29. The fourth-order valence-electron chi connectivity index (χ4n) is 2.47. The third-order valence-electron chi connectivity index (χ3n) is 4.08. The number of carbonyl (C=O) groups excluding carboxylic acids is 1. The maximum atomic E-state index is 13.5. The minimum atomic E-state index is -0.886. The van der Waals surface area contributed by atoms with Crippen LogP contribution in [0.15, 0.2) is 59.4 Å². The number of primary amides is 1. The molecule has 1 amide bonds. The molecule has 1 aromatic heterocycles. The highest BCUT2D eigenvalue weighted by Gasteiger charge is 2.15. The molecule has 0 spiro atoms. The van der Waals surface area contributed by atoms with Gasteiger partial charge in [-0.05, 0) is 48.7 Å². The Labute approximate surface area is 178 Å². The molecule has 8 heteroatoms. The van der Waals surface area contributed by atoms with Gasteiger partial charge in [-0.3, -0.25) is 9.59 Å². The Hall–Kier alpha value is -3.03. The summed E-state index contributed by atoms with van der Waals surface area (Å²) in [6.07, 6.45) is 0.931. The lowest BCUT2D eigenvalue weighted by Crippen LogP contribution is -2.30. The van der Waals surface area contributed by atoms with Gasteiger partial charge < -0.3 is 10.8 Å². The molecule has 0 bridgehead atoms. The van der Waals surface area contributed by atoms with E-state index < -0.39 is 17.3 Å². The molecule has 0 aliphatic rings. The van der Waals surface area contributed by atoms with E-state index >= 15 is 0 Å². The molecule has 0 fully saturated rings. The Bertz CT molecular complexity index is 1070. The van der Waals surface area contributed by atoms with Crippen LogP contribution in [-0.2, 0) is 0 Å². The van der Waals surface area contributed by atoms with Gasteiger partial charge in [0.15, 0.2) is 0 Å². The Balaban J connectivity index is 0.000000469. The standard InChI is InChI=1S/C17H11ClFN3O2.C5H12O/c18-11-6-4-10(5-7-11)15-9-14(16(20)23)17(24)22(21-15)13-3-1-2-12(19)8-13;1-5(2)3-4-6/h1-9H,(H2,20,23);5-6H,3-4H2,1-2H3. The number of aliphatic hydroxyl groups excluding tert-OH is 1. The van der Waals surface area contributed by atoms with Crippen molar-refractivity contribution in [2.24, 2.45) is 11.7 Å². The molecule has 0 saturated carbocycles. The second-order valence-corrected chi connectivity index (χ2v) is 7.35. The smallest absolute Gasteiger partial charge is 0.284 e. The maximum Gasteiger partial charge on any atom is 0.284 e. The summed E-state index contributed by atoms with van der Waals surface area (Å²) < 4.78 is 14.4. The molecular formula is C22H23ClFN3O3. The van der Waals surface area contributed by atoms with Crippen LogP contribution in [0.2, 0.25) is 5.02 Å². The van der Waals surface area contributed by atoms with Crippen LogP contribution in [0.1, 0.15) is 30.6 Å². The number of nitrogens with zero attached hydrogens (tertiary/aromatic N) is 2. The minimum absolute atomic E-state index is 0.193. The number of aromatic nitrogens is 2. The van der Waals surface area contributed by atoms with Gasteiger partial charge in [-0.2, -0.15) is 9.78 Å². The Kier molecular flexibility index (Phi) is 8.26. The second-order valence-electron chi connectivity index (χ2n) is 6.92. The van der Waals surface area contributed by atoms with Crippen molar-refractivity contribution in [1.29, 1.82) is 0 Å². The van der Waals surface area contributed by atoms with E-state index in [0.29, 0.717) is 28.8 Å².